The summed E-state index contributed by atoms with van der Waals surface area (Å²) in [6.45, 7) is 4.37. The van der Waals surface area contributed by atoms with E-state index >= 15 is 0 Å². The molecule has 0 bridgehead atoms. The summed E-state index contributed by atoms with van der Waals surface area (Å²) >= 11 is 0. The first-order valence-corrected chi connectivity index (χ1v) is 6.94. The number of likely N-dealkylation sites (N-methyl/N-ethyl adjacent to an activating group) is 1. The summed E-state index contributed by atoms with van der Waals surface area (Å²) in [5.41, 5.74) is -0.972. The lowest BCUT2D eigenvalue weighted by Gasteiger charge is -2.42. The van der Waals surface area contributed by atoms with E-state index < -0.39 is 23.1 Å². The Balaban J connectivity index is 2.23. The lowest BCUT2D eigenvalue weighted by atomic mass is 9.90. The first kappa shape index (κ1) is 15.9. The Morgan fingerprint density at radius 3 is 2.43 bits per heavy atom. The van der Waals surface area contributed by atoms with Crippen molar-refractivity contribution in [1.82, 2.24) is 9.80 Å². The lowest BCUT2D eigenvalue weighted by molar-refractivity contribution is -0.151. The Hall–Kier alpha value is -1.53. The zero-order valence-corrected chi connectivity index (χ0v) is 12.3. The molecule has 0 amide bonds. The van der Waals surface area contributed by atoms with E-state index in [1.54, 1.807) is 6.92 Å². The highest BCUT2D eigenvalue weighted by Gasteiger charge is 2.41. The molecular formula is C15H20F2N2O2. The first-order valence-electron chi connectivity index (χ1n) is 6.94. The third-order valence-corrected chi connectivity index (χ3v) is 4.21. The summed E-state index contributed by atoms with van der Waals surface area (Å²) in [5, 5.41) is 9.61. The van der Waals surface area contributed by atoms with Crippen molar-refractivity contribution in [2.45, 2.75) is 18.9 Å². The molecule has 0 radical (unpaired) electrons. The molecule has 0 aromatic heterocycles. The highest BCUT2D eigenvalue weighted by molar-refractivity contribution is 5.78. The summed E-state index contributed by atoms with van der Waals surface area (Å²) in [6.07, 6.45) is 0.0121. The van der Waals surface area contributed by atoms with E-state index in [9.17, 15) is 18.7 Å². The average Bonchev–Trinajstić information content (AvgIpc) is 2.42. The standard InChI is InChI=1S/C15H20F2N2O2/c1-15(14(20)21,19-7-5-18(2)6-8-19)10-11-3-4-12(16)9-13(11)17/h3-4,9H,5-8,10H2,1-2H3,(H,20,21). The summed E-state index contributed by atoms with van der Waals surface area (Å²) in [4.78, 5) is 15.7. The van der Waals surface area contributed by atoms with Gasteiger partial charge in [0, 0.05) is 38.7 Å². The van der Waals surface area contributed by atoms with Crippen LogP contribution in [0.1, 0.15) is 12.5 Å². The summed E-state index contributed by atoms with van der Waals surface area (Å²) in [7, 11) is 1.98. The lowest BCUT2D eigenvalue weighted by Crippen LogP contribution is -2.60. The predicted molar refractivity (Wildman–Crippen MR) is 75.2 cm³/mol. The fourth-order valence-electron chi connectivity index (χ4n) is 2.66. The molecule has 1 unspecified atom stereocenters. The van der Waals surface area contributed by atoms with Gasteiger partial charge in [-0.1, -0.05) is 6.07 Å². The Kier molecular flexibility index (Phi) is 4.58. The van der Waals surface area contributed by atoms with Crippen LogP contribution in [0.25, 0.3) is 0 Å². The van der Waals surface area contributed by atoms with Gasteiger partial charge in [-0.15, -0.1) is 0 Å². The molecule has 1 aliphatic rings. The first-order chi connectivity index (χ1) is 9.83. The SMILES string of the molecule is CN1CCN(C(C)(Cc2ccc(F)cc2F)C(=O)O)CC1. The predicted octanol–water partition coefficient (Wildman–Crippen LogP) is 1.60. The van der Waals surface area contributed by atoms with Crippen LogP contribution >= 0.6 is 0 Å². The Morgan fingerprint density at radius 2 is 1.90 bits per heavy atom. The maximum Gasteiger partial charge on any atom is 0.324 e. The Labute approximate surface area is 123 Å². The number of aliphatic carboxylic acids is 1. The second kappa shape index (κ2) is 6.07. The zero-order chi connectivity index (χ0) is 15.6. The minimum Gasteiger partial charge on any atom is -0.480 e. The minimum absolute atomic E-state index is 0.0121. The van der Waals surface area contributed by atoms with Crippen molar-refractivity contribution in [3.8, 4) is 0 Å². The van der Waals surface area contributed by atoms with Gasteiger partial charge in [-0.3, -0.25) is 9.69 Å². The van der Waals surface area contributed by atoms with Crippen molar-refractivity contribution in [2.24, 2.45) is 0 Å². The molecule has 0 saturated carbocycles. The van der Waals surface area contributed by atoms with Gasteiger partial charge in [0.25, 0.3) is 0 Å². The van der Waals surface area contributed by atoms with Gasteiger partial charge in [0.15, 0.2) is 0 Å². The Bertz CT molecular complexity index is 530. The van der Waals surface area contributed by atoms with Crippen molar-refractivity contribution in [3.05, 3.63) is 35.4 Å². The van der Waals surface area contributed by atoms with Crippen LogP contribution in [0.4, 0.5) is 8.78 Å². The highest BCUT2D eigenvalue weighted by Crippen LogP contribution is 2.24. The molecular weight excluding hydrogens is 278 g/mol. The number of halogens is 2. The molecule has 1 atom stereocenters. The molecule has 4 nitrogen and oxygen atoms in total. The van der Waals surface area contributed by atoms with Gasteiger partial charge in [0.05, 0.1) is 0 Å². The maximum atomic E-state index is 13.8. The zero-order valence-electron chi connectivity index (χ0n) is 12.3. The quantitative estimate of drug-likeness (QED) is 0.917. The fourth-order valence-corrected chi connectivity index (χ4v) is 2.66. The summed E-state index contributed by atoms with van der Waals surface area (Å²) in [5.74, 6) is -2.35. The number of rotatable bonds is 4. The molecule has 1 aromatic rings. The molecule has 0 aliphatic carbocycles. The van der Waals surface area contributed by atoms with E-state index in [0.717, 1.165) is 25.2 Å². The van der Waals surface area contributed by atoms with Gasteiger partial charge in [-0.25, -0.2) is 8.78 Å². The van der Waals surface area contributed by atoms with E-state index in [2.05, 4.69) is 4.90 Å². The molecule has 1 N–H and O–H groups in total. The van der Waals surface area contributed by atoms with E-state index in [4.69, 9.17) is 0 Å². The molecule has 1 heterocycles. The smallest absolute Gasteiger partial charge is 0.324 e. The molecule has 0 spiro atoms. The highest BCUT2D eigenvalue weighted by atomic mass is 19.1. The number of nitrogens with zero attached hydrogens (tertiary/aromatic N) is 2. The van der Waals surface area contributed by atoms with Gasteiger partial charge in [-0.2, -0.15) is 0 Å². The second-order valence-electron chi connectivity index (χ2n) is 5.78. The molecule has 1 saturated heterocycles. The topological polar surface area (TPSA) is 43.8 Å². The number of benzene rings is 1. The van der Waals surface area contributed by atoms with Crippen LogP contribution in [-0.4, -0.2) is 59.6 Å². The third-order valence-electron chi connectivity index (χ3n) is 4.21. The molecule has 2 rings (SSSR count). The number of hydrogen-bond acceptors (Lipinski definition) is 3. The van der Waals surface area contributed by atoms with Crippen LogP contribution in [0.2, 0.25) is 0 Å². The molecule has 6 heteroatoms. The monoisotopic (exact) mass is 298 g/mol. The number of piperazine rings is 1. The number of hydrogen-bond donors (Lipinski definition) is 1. The second-order valence-corrected chi connectivity index (χ2v) is 5.78. The van der Waals surface area contributed by atoms with Gasteiger partial charge in [0.1, 0.15) is 17.2 Å². The molecule has 1 fully saturated rings. The number of carboxylic acid groups (broad SMARTS) is 1. The average molecular weight is 298 g/mol. The van der Waals surface area contributed by atoms with E-state index in [1.165, 1.54) is 6.07 Å². The van der Waals surface area contributed by atoms with Crippen LogP contribution in [0.15, 0.2) is 18.2 Å². The summed E-state index contributed by atoms with van der Waals surface area (Å²) < 4.78 is 26.8. The van der Waals surface area contributed by atoms with Crippen molar-refractivity contribution in [2.75, 3.05) is 33.2 Å². The maximum absolute atomic E-state index is 13.8. The number of carboxylic acids is 1. The van der Waals surface area contributed by atoms with Crippen molar-refractivity contribution in [3.63, 3.8) is 0 Å². The van der Waals surface area contributed by atoms with Crippen molar-refractivity contribution >= 4 is 5.97 Å². The van der Waals surface area contributed by atoms with Crippen molar-refractivity contribution in [1.29, 1.82) is 0 Å². The minimum atomic E-state index is -1.19. The van der Waals surface area contributed by atoms with Gasteiger partial charge in [0.2, 0.25) is 0 Å². The Morgan fingerprint density at radius 1 is 1.29 bits per heavy atom. The van der Waals surface area contributed by atoms with Gasteiger partial charge >= 0.3 is 5.97 Å². The van der Waals surface area contributed by atoms with E-state index in [-0.39, 0.29) is 12.0 Å². The van der Waals surface area contributed by atoms with E-state index in [1.807, 2.05) is 11.9 Å². The van der Waals surface area contributed by atoms with Gasteiger partial charge in [-0.05, 0) is 25.6 Å². The van der Waals surface area contributed by atoms with Crippen LogP contribution in [-0.2, 0) is 11.2 Å². The van der Waals surface area contributed by atoms with Crippen LogP contribution < -0.4 is 0 Å². The normalized spacial score (nSPS) is 20.2. The molecule has 1 aliphatic heterocycles. The summed E-state index contributed by atoms with van der Waals surface area (Å²) in [6, 6.07) is 3.27. The largest absolute Gasteiger partial charge is 0.480 e. The van der Waals surface area contributed by atoms with Crippen LogP contribution in [0.3, 0.4) is 0 Å². The van der Waals surface area contributed by atoms with Gasteiger partial charge < -0.3 is 10.0 Å². The molecule has 1 aromatic carbocycles. The van der Waals surface area contributed by atoms with Crippen LogP contribution in [0, 0.1) is 11.6 Å². The molecule has 21 heavy (non-hydrogen) atoms. The van der Waals surface area contributed by atoms with Crippen molar-refractivity contribution < 1.29 is 18.7 Å². The third kappa shape index (κ3) is 3.39. The fraction of sp³-hybridized carbons (Fsp3) is 0.533. The number of carbonyl (C=O) groups is 1. The molecule has 116 valence electrons. The van der Waals surface area contributed by atoms with Crippen LogP contribution in [0.5, 0.6) is 0 Å². The van der Waals surface area contributed by atoms with E-state index in [0.29, 0.717) is 13.1 Å².